The number of allylic oxidation sites excluding steroid dienone is 6. The number of epoxide rings is 2. The Morgan fingerprint density at radius 1 is 0.895 bits per heavy atom. The molecule has 19 heavy (non-hydrogen) atoms. The van der Waals surface area contributed by atoms with Crippen LogP contribution in [0.4, 0.5) is 0 Å². The summed E-state index contributed by atoms with van der Waals surface area (Å²) in [6.45, 7) is 1.37. The fraction of sp³-hybridized carbons (Fsp3) is 0.500. The van der Waals surface area contributed by atoms with E-state index in [9.17, 15) is 0 Å². The Morgan fingerprint density at radius 3 is 1.84 bits per heavy atom. The van der Waals surface area contributed by atoms with E-state index >= 15 is 0 Å². The van der Waals surface area contributed by atoms with E-state index in [1.54, 1.807) is 0 Å². The van der Waals surface area contributed by atoms with Crippen molar-refractivity contribution in [1.29, 1.82) is 0 Å². The maximum absolute atomic E-state index is 5.72. The summed E-state index contributed by atoms with van der Waals surface area (Å²) in [6, 6.07) is 0. The van der Waals surface area contributed by atoms with Crippen LogP contribution in [0.1, 0.15) is 12.8 Å². The first kappa shape index (κ1) is 11.6. The summed E-state index contributed by atoms with van der Waals surface area (Å²) in [7, 11) is 0. The van der Waals surface area contributed by atoms with Crippen LogP contribution in [0.5, 0.6) is 0 Å². The number of rotatable bonds is 6. The summed E-state index contributed by atoms with van der Waals surface area (Å²) in [6.07, 6.45) is 16.0. The van der Waals surface area contributed by atoms with Crippen molar-refractivity contribution in [3.8, 4) is 0 Å². The molecule has 100 valence electrons. The number of ether oxygens (including phenoxy) is 3. The Morgan fingerprint density at radius 2 is 1.42 bits per heavy atom. The lowest BCUT2D eigenvalue weighted by Crippen LogP contribution is -2.11. The molecule has 0 bridgehead atoms. The van der Waals surface area contributed by atoms with Gasteiger partial charge in [-0.05, 0) is 24.0 Å². The molecule has 2 saturated heterocycles. The fourth-order valence-electron chi connectivity index (χ4n) is 2.84. The highest BCUT2D eigenvalue weighted by molar-refractivity contribution is 5.31. The van der Waals surface area contributed by atoms with Gasteiger partial charge in [0, 0.05) is 0 Å². The van der Waals surface area contributed by atoms with E-state index in [0.29, 0.717) is 25.4 Å². The van der Waals surface area contributed by atoms with Gasteiger partial charge in [-0.2, -0.15) is 0 Å². The van der Waals surface area contributed by atoms with Crippen LogP contribution in [-0.4, -0.2) is 37.6 Å². The van der Waals surface area contributed by atoms with Gasteiger partial charge in [-0.1, -0.05) is 36.5 Å². The fourth-order valence-corrected chi connectivity index (χ4v) is 2.84. The molecule has 4 rings (SSSR count). The largest absolute Gasteiger partial charge is 0.376 e. The molecule has 0 aromatic rings. The minimum Gasteiger partial charge on any atom is -0.376 e. The summed E-state index contributed by atoms with van der Waals surface area (Å²) in [5.41, 5.74) is 2.77. The van der Waals surface area contributed by atoms with Crippen LogP contribution in [0.15, 0.2) is 47.6 Å². The maximum Gasteiger partial charge on any atom is 0.112 e. The second-order valence-corrected chi connectivity index (χ2v) is 5.48. The summed E-state index contributed by atoms with van der Waals surface area (Å²) < 4.78 is 17.0. The Bertz CT molecular complexity index is 442. The Balaban J connectivity index is 1.14. The third-order valence-corrected chi connectivity index (χ3v) is 4.06. The first-order valence-electron chi connectivity index (χ1n) is 7.01. The Kier molecular flexibility index (Phi) is 2.91. The first-order valence-corrected chi connectivity index (χ1v) is 7.01. The van der Waals surface area contributed by atoms with E-state index in [1.807, 2.05) is 0 Å². The molecule has 0 N–H and O–H groups in total. The molecule has 2 fully saturated rings. The van der Waals surface area contributed by atoms with E-state index in [4.69, 9.17) is 14.2 Å². The van der Waals surface area contributed by atoms with E-state index < -0.39 is 0 Å². The highest BCUT2D eigenvalue weighted by Crippen LogP contribution is 2.35. The van der Waals surface area contributed by atoms with Crippen LogP contribution in [0.3, 0.4) is 0 Å². The van der Waals surface area contributed by atoms with E-state index in [1.165, 1.54) is 11.1 Å². The van der Waals surface area contributed by atoms with Crippen LogP contribution in [0, 0.1) is 0 Å². The summed E-state index contributed by atoms with van der Waals surface area (Å²) in [5.74, 6) is 0. The second-order valence-electron chi connectivity index (χ2n) is 5.48. The van der Waals surface area contributed by atoms with Crippen LogP contribution in [0.2, 0.25) is 0 Å². The molecule has 2 heterocycles. The molecule has 4 aliphatic rings. The highest BCUT2D eigenvalue weighted by Gasteiger charge is 2.44. The lowest BCUT2D eigenvalue weighted by molar-refractivity contribution is 0.102. The normalized spacial score (nSPS) is 38.5. The second kappa shape index (κ2) is 4.75. The van der Waals surface area contributed by atoms with E-state index in [2.05, 4.69) is 36.5 Å². The van der Waals surface area contributed by atoms with Crippen molar-refractivity contribution in [3.63, 3.8) is 0 Å². The standard InChI is InChI=1S/C16H18O3/c1-2-6-11(5-1)15-13(18-15)9-17-10-14-16(19-14)12-7-3-4-8-12/h1-5,7,13-16H,6,8-10H2. The summed E-state index contributed by atoms with van der Waals surface area (Å²) >= 11 is 0. The zero-order valence-corrected chi connectivity index (χ0v) is 10.8. The van der Waals surface area contributed by atoms with Crippen LogP contribution >= 0.6 is 0 Å². The lowest BCUT2D eigenvalue weighted by Gasteiger charge is -1.99. The molecule has 2 aliphatic heterocycles. The minimum absolute atomic E-state index is 0.260. The molecule has 4 atom stereocenters. The van der Waals surface area contributed by atoms with Crippen LogP contribution in [0.25, 0.3) is 0 Å². The molecule has 3 nitrogen and oxygen atoms in total. The zero-order valence-electron chi connectivity index (χ0n) is 10.8. The number of hydrogen-bond acceptors (Lipinski definition) is 3. The van der Waals surface area contributed by atoms with Gasteiger partial charge in [0.2, 0.25) is 0 Å². The molecular weight excluding hydrogens is 240 g/mol. The molecule has 0 saturated carbocycles. The SMILES string of the molecule is C1=CCC(C2OC2COCC2OC2C2=CC=CC2)=C1. The lowest BCUT2D eigenvalue weighted by atomic mass is 10.1. The van der Waals surface area contributed by atoms with Gasteiger partial charge in [0.1, 0.15) is 24.4 Å². The van der Waals surface area contributed by atoms with Crippen molar-refractivity contribution in [2.24, 2.45) is 0 Å². The first-order chi connectivity index (χ1) is 9.42. The average Bonchev–Trinajstić information content (AvgIpc) is 3.21. The topological polar surface area (TPSA) is 34.3 Å². The van der Waals surface area contributed by atoms with Crippen LogP contribution < -0.4 is 0 Å². The third-order valence-electron chi connectivity index (χ3n) is 4.06. The quantitative estimate of drug-likeness (QED) is 0.686. The van der Waals surface area contributed by atoms with E-state index in [0.717, 1.165) is 12.8 Å². The summed E-state index contributed by atoms with van der Waals surface area (Å²) in [4.78, 5) is 0. The molecule has 0 spiro atoms. The van der Waals surface area contributed by atoms with Gasteiger partial charge in [-0.25, -0.2) is 0 Å². The number of hydrogen-bond donors (Lipinski definition) is 0. The van der Waals surface area contributed by atoms with Crippen LogP contribution in [-0.2, 0) is 14.2 Å². The van der Waals surface area contributed by atoms with Gasteiger partial charge in [0.15, 0.2) is 0 Å². The third kappa shape index (κ3) is 2.46. The average molecular weight is 258 g/mol. The summed E-state index contributed by atoms with van der Waals surface area (Å²) in [5, 5.41) is 0. The predicted molar refractivity (Wildman–Crippen MR) is 71.8 cm³/mol. The van der Waals surface area contributed by atoms with Crippen molar-refractivity contribution in [2.75, 3.05) is 13.2 Å². The van der Waals surface area contributed by atoms with Gasteiger partial charge < -0.3 is 14.2 Å². The molecular formula is C16H18O3. The molecule has 0 aromatic carbocycles. The maximum atomic E-state index is 5.72. The Labute approximate surface area is 113 Å². The van der Waals surface area contributed by atoms with Crippen molar-refractivity contribution in [3.05, 3.63) is 47.6 Å². The Hall–Kier alpha value is -1.16. The van der Waals surface area contributed by atoms with Gasteiger partial charge in [-0.15, -0.1) is 0 Å². The van der Waals surface area contributed by atoms with Crippen molar-refractivity contribution in [1.82, 2.24) is 0 Å². The smallest absolute Gasteiger partial charge is 0.112 e. The molecule has 2 aliphatic carbocycles. The molecule has 0 amide bonds. The van der Waals surface area contributed by atoms with Gasteiger partial charge in [-0.3, -0.25) is 0 Å². The zero-order chi connectivity index (χ0) is 12.7. The van der Waals surface area contributed by atoms with Gasteiger partial charge in [0.05, 0.1) is 13.2 Å². The predicted octanol–water partition coefficient (Wildman–Crippen LogP) is 2.31. The minimum atomic E-state index is 0.260. The van der Waals surface area contributed by atoms with Crippen molar-refractivity contribution < 1.29 is 14.2 Å². The van der Waals surface area contributed by atoms with E-state index in [-0.39, 0.29) is 12.2 Å². The van der Waals surface area contributed by atoms with Gasteiger partial charge >= 0.3 is 0 Å². The molecule has 0 radical (unpaired) electrons. The van der Waals surface area contributed by atoms with Crippen molar-refractivity contribution >= 4 is 0 Å². The molecule has 4 unspecified atom stereocenters. The van der Waals surface area contributed by atoms with Crippen molar-refractivity contribution in [2.45, 2.75) is 37.3 Å². The molecule has 3 heteroatoms. The monoisotopic (exact) mass is 258 g/mol. The molecule has 0 aromatic heterocycles. The van der Waals surface area contributed by atoms with Gasteiger partial charge in [0.25, 0.3) is 0 Å². The highest BCUT2D eigenvalue weighted by atomic mass is 16.6.